The fourth-order valence-electron chi connectivity index (χ4n) is 3.50. The van der Waals surface area contributed by atoms with Gasteiger partial charge in [-0.1, -0.05) is 67.3 Å². The van der Waals surface area contributed by atoms with Gasteiger partial charge in [0.2, 0.25) is 0 Å². The van der Waals surface area contributed by atoms with Crippen molar-refractivity contribution in [3.8, 4) is 0 Å². The van der Waals surface area contributed by atoms with Crippen LogP contribution in [0.25, 0.3) is 6.08 Å². The molecule has 24 heavy (non-hydrogen) atoms. The third-order valence-corrected chi connectivity index (χ3v) is 4.72. The summed E-state index contributed by atoms with van der Waals surface area (Å²) in [5.41, 5.74) is 3.53. The fourth-order valence-corrected chi connectivity index (χ4v) is 3.50. The molecule has 0 aliphatic carbocycles. The second-order valence-corrected chi connectivity index (χ2v) is 6.29. The Morgan fingerprint density at radius 1 is 1.21 bits per heavy atom. The summed E-state index contributed by atoms with van der Waals surface area (Å²) < 4.78 is 5.06. The van der Waals surface area contributed by atoms with E-state index in [0.717, 1.165) is 25.2 Å². The number of hydrogen-bond acceptors (Lipinski definition) is 3. The Labute approximate surface area is 143 Å². The average molecular weight is 321 g/mol. The van der Waals surface area contributed by atoms with Crippen molar-refractivity contribution in [3.05, 3.63) is 77.9 Å². The van der Waals surface area contributed by atoms with Crippen LogP contribution in [-0.4, -0.2) is 31.1 Å². The van der Waals surface area contributed by atoms with Gasteiger partial charge >= 0.3 is 5.97 Å². The Kier molecular flexibility index (Phi) is 5.11. The highest BCUT2D eigenvalue weighted by Gasteiger charge is 2.39. The summed E-state index contributed by atoms with van der Waals surface area (Å²) in [5, 5.41) is 0. The maximum atomic E-state index is 12.3. The molecule has 1 fully saturated rings. The molecule has 2 aromatic rings. The lowest BCUT2D eigenvalue weighted by atomic mass is 9.88. The number of methoxy groups -OCH3 is 1. The second kappa shape index (κ2) is 7.45. The van der Waals surface area contributed by atoms with E-state index < -0.39 is 0 Å². The maximum Gasteiger partial charge on any atom is 0.310 e. The number of ether oxygens (including phenoxy) is 1. The first kappa shape index (κ1) is 16.5. The smallest absolute Gasteiger partial charge is 0.310 e. The standard InChI is InChI=1S/C21H23NO2/c1-3-16-10-7-11-18(12-16)19-14-22(15-20(19)21(23)24-2)13-17-8-5-4-6-9-17/h3-12,19-20H,1,13-15H2,2H3/t19?,20-/m0/s1. The molecule has 0 saturated carbocycles. The minimum Gasteiger partial charge on any atom is -0.469 e. The molecule has 0 spiro atoms. The van der Waals surface area contributed by atoms with Gasteiger partial charge < -0.3 is 4.74 Å². The van der Waals surface area contributed by atoms with Crippen LogP contribution in [0.15, 0.2) is 61.2 Å². The lowest BCUT2D eigenvalue weighted by molar-refractivity contribution is -0.145. The highest BCUT2D eigenvalue weighted by molar-refractivity contribution is 5.74. The summed E-state index contributed by atoms with van der Waals surface area (Å²) >= 11 is 0. The molecule has 124 valence electrons. The van der Waals surface area contributed by atoms with Crippen LogP contribution in [0.1, 0.15) is 22.6 Å². The zero-order valence-electron chi connectivity index (χ0n) is 14.0. The summed E-state index contributed by atoms with van der Waals surface area (Å²) in [6, 6.07) is 18.6. The number of carbonyl (C=O) groups excluding carboxylic acids is 1. The summed E-state index contributed by atoms with van der Waals surface area (Å²) in [7, 11) is 1.47. The van der Waals surface area contributed by atoms with Gasteiger partial charge in [0.15, 0.2) is 0 Å². The van der Waals surface area contributed by atoms with Crippen LogP contribution >= 0.6 is 0 Å². The summed E-state index contributed by atoms with van der Waals surface area (Å²) in [5.74, 6) is -0.0978. The van der Waals surface area contributed by atoms with Gasteiger partial charge in [0.1, 0.15) is 0 Å². The number of rotatable bonds is 5. The van der Waals surface area contributed by atoms with Crippen LogP contribution < -0.4 is 0 Å². The van der Waals surface area contributed by atoms with Crippen LogP contribution in [0.2, 0.25) is 0 Å². The zero-order valence-corrected chi connectivity index (χ0v) is 14.0. The molecule has 1 aliphatic heterocycles. The summed E-state index contributed by atoms with van der Waals surface area (Å²) in [6.07, 6.45) is 1.84. The van der Waals surface area contributed by atoms with Gasteiger partial charge in [0, 0.05) is 25.6 Å². The van der Waals surface area contributed by atoms with E-state index in [1.807, 2.05) is 36.4 Å². The first-order chi connectivity index (χ1) is 11.7. The molecular weight excluding hydrogens is 298 g/mol. The Morgan fingerprint density at radius 2 is 2.00 bits per heavy atom. The average Bonchev–Trinajstić information content (AvgIpc) is 3.05. The fraction of sp³-hybridized carbons (Fsp3) is 0.286. The molecule has 0 amide bonds. The van der Waals surface area contributed by atoms with E-state index >= 15 is 0 Å². The van der Waals surface area contributed by atoms with Crippen molar-refractivity contribution in [2.75, 3.05) is 20.2 Å². The van der Waals surface area contributed by atoms with E-state index in [1.54, 1.807) is 0 Å². The first-order valence-electron chi connectivity index (χ1n) is 8.27. The Morgan fingerprint density at radius 3 is 2.71 bits per heavy atom. The molecule has 1 unspecified atom stereocenters. The first-order valence-corrected chi connectivity index (χ1v) is 8.27. The van der Waals surface area contributed by atoms with Gasteiger partial charge in [-0.15, -0.1) is 0 Å². The van der Waals surface area contributed by atoms with Gasteiger partial charge in [-0.2, -0.15) is 0 Å². The zero-order chi connectivity index (χ0) is 16.9. The molecule has 0 radical (unpaired) electrons. The Bertz CT molecular complexity index is 711. The lowest BCUT2D eigenvalue weighted by Gasteiger charge is -2.17. The van der Waals surface area contributed by atoms with E-state index in [4.69, 9.17) is 4.74 Å². The molecule has 0 N–H and O–H groups in total. The number of nitrogens with zero attached hydrogens (tertiary/aromatic N) is 1. The molecule has 3 rings (SSSR count). The highest BCUT2D eigenvalue weighted by atomic mass is 16.5. The van der Waals surface area contributed by atoms with Crippen LogP contribution in [0.3, 0.4) is 0 Å². The van der Waals surface area contributed by atoms with Gasteiger partial charge in [-0.3, -0.25) is 9.69 Å². The minimum atomic E-state index is -0.126. The number of hydrogen-bond donors (Lipinski definition) is 0. The predicted octanol–water partition coefficient (Wildman–Crippen LogP) is 3.72. The van der Waals surface area contributed by atoms with Gasteiger partial charge in [0.25, 0.3) is 0 Å². The van der Waals surface area contributed by atoms with Crippen molar-refractivity contribution in [3.63, 3.8) is 0 Å². The maximum absolute atomic E-state index is 12.3. The minimum absolute atomic E-state index is 0.125. The molecule has 0 bridgehead atoms. The van der Waals surface area contributed by atoms with E-state index in [0.29, 0.717) is 0 Å². The van der Waals surface area contributed by atoms with Crippen LogP contribution in [-0.2, 0) is 16.1 Å². The highest BCUT2D eigenvalue weighted by Crippen LogP contribution is 2.34. The largest absolute Gasteiger partial charge is 0.469 e. The van der Waals surface area contributed by atoms with E-state index in [-0.39, 0.29) is 17.8 Å². The van der Waals surface area contributed by atoms with Crippen molar-refractivity contribution in [2.45, 2.75) is 12.5 Å². The van der Waals surface area contributed by atoms with Gasteiger partial charge in [0.05, 0.1) is 13.0 Å². The number of benzene rings is 2. The van der Waals surface area contributed by atoms with E-state index in [9.17, 15) is 4.79 Å². The van der Waals surface area contributed by atoms with Gasteiger partial charge in [-0.05, 0) is 16.7 Å². The summed E-state index contributed by atoms with van der Waals surface area (Å²) in [6.45, 7) is 6.27. The monoisotopic (exact) mass is 321 g/mol. The van der Waals surface area contributed by atoms with Crippen LogP contribution in [0.4, 0.5) is 0 Å². The molecule has 1 heterocycles. The Hall–Kier alpha value is -2.39. The molecular formula is C21H23NO2. The third kappa shape index (κ3) is 3.57. The molecule has 0 aromatic heterocycles. The van der Waals surface area contributed by atoms with Crippen molar-refractivity contribution in [2.24, 2.45) is 5.92 Å². The number of likely N-dealkylation sites (tertiary alicyclic amines) is 1. The van der Waals surface area contributed by atoms with Crippen LogP contribution in [0, 0.1) is 5.92 Å². The molecule has 2 aromatic carbocycles. The van der Waals surface area contributed by atoms with E-state index in [1.165, 1.54) is 18.2 Å². The molecule has 2 atom stereocenters. The van der Waals surface area contributed by atoms with Crippen molar-refractivity contribution in [1.29, 1.82) is 0 Å². The number of carbonyl (C=O) groups is 1. The quantitative estimate of drug-likeness (QED) is 0.786. The van der Waals surface area contributed by atoms with Crippen LogP contribution in [0.5, 0.6) is 0 Å². The SMILES string of the molecule is C=Cc1cccc(C2CN(Cc3ccccc3)C[C@@H]2C(=O)OC)c1. The normalized spacial score (nSPS) is 20.7. The molecule has 3 nitrogen and oxygen atoms in total. The predicted molar refractivity (Wildman–Crippen MR) is 96.5 cm³/mol. The number of esters is 1. The van der Waals surface area contributed by atoms with Gasteiger partial charge in [-0.25, -0.2) is 0 Å². The lowest BCUT2D eigenvalue weighted by Crippen LogP contribution is -2.24. The Balaban J connectivity index is 1.82. The molecule has 3 heteroatoms. The summed E-state index contributed by atoms with van der Waals surface area (Å²) in [4.78, 5) is 14.6. The van der Waals surface area contributed by atoms with E-state index in [2.05, 4.69) is 35.7 Å². The topological polar surface area (TPSA) is 29.5 Å². The molecule has 1 saturated heterocycles. The second-order valence-electron chi connectivity index (χ2n) is 6.29. The third-order valence-electron chi connectivity index (χ3n) is 4.72. The van der Waals surface area contributed by atoms with Crippen molar-refractivity contribution in [1.82, 2.24) is 4.90 Å². The molecule has 1 aliphatic rings. The van der Waals surface area contributed by atoms with Crippen molar-refractivity contribution < 1.29 is 9.53 Å². The van der Waals surface area contributed by atoms with Crippen molar-refractivity contribution >= 4 is 12.0 Å².